The van der Waals surface area contributed by atoms with Crippen LogP contribution in [0.1, 0.15) is 29.3 Å². The molecule has 2 aliphatic rings. The molecule has 1 unspecified atom stereocenters. The summed E-state index contributed by atoms with van der Waals surface area (Å²) >= 11 is 0. The van der Waals surface area contributed by atoms with E-state index in [-0.39, 0.29) is 23.1 Å². The van der Waals surface area contributed by atoms with Gasteiger partial charge in [0.15, 0.2) is 9.92 Å². The van der Waals surface area contributed by atoms with Gasteiger partial charge in [0.05, 0.1) is 17.2 Å². The molecule has 5 rings (SSSR count). The monoisotopic (exact) mass is 537 g/mol. The molecule has 0 aliphatic carbocycles. The van der Waals surface area contributed by atoms with Gasteiger partial charge >= 0.3 is 0 Å². The van der Waals surface area contributed by atoms with E-state index in [9.17, 15) is 21.4 Å². The molecule has 2 aliphatic heterocycles. The third-order valence-corrected chi connectivity index (χ3v) is 10.0. The van der Waals surface area contributed by atoms with Crippen molar-refractivity contribution in [2.24, 2.45) is 9.50 Å². The van der Waals surface area contributed by atoms with Crippen molar-refractivity contribution >= 4 is 19.9 Å². The van der Waals surface area contributed by atoms with Crippen LogP contribution in [0.25, 0.3) is 0 Å². The molecule has 0 bridgehead atoms. The van der Waals surface area contributed by atoms with Gasteiger partial charge in [-0.2, -0.15) is 17.6 Å². The number of hydrogen-bond acceptors (Lipinski definition) is 7. The number of benzene rings is 2. The lowest BCUT2D eigenvalue weighted by Gasteiger charge is -2.38. The Labute approximate surface area is 208 Å². The number of aromatic nitrogens is 2. The number of ether oxygens (including phenoxy) is 1. The molecule has 36 heavy (non-hydrogen) atoms. The second-order valence-electron chi connectivity index (χ2n) is 9.01. The maximum absolute atomic E-state index is 14.2. The molecule has 192 valence electrons. The van der Waals surface area contributed by atoms with Gasteiger partial charge in [-0.15, -0.1) is 0 Å². The summed E-state index contributed by atoms with van der Waals surface area (Å²) in [6.07, 6.45) is 2.53. The van der Waals surface area contributed by atoms with Crippen LogP contribution in [0.3, 0.4) is 0 Å². The quantitative estimate of drug-likeness (QED) is 0.531. The Morgan fingerprint density at radius 2 is 1.86 bits per heavy atom. The number of hydrogen-bond donors (Lipinski definition) is 1. The van der Waals surface area contributed by atoms with Crippen LogP contribution in [0.4, 0.5) is 8.78 Å². The molecule has 0 saturated carbocycles. The van der Waals surface area contributed by atoms with E-state index in [1.165, 1.54) is 18.4 Å². The van der Waals surface area contributed by atoms with Crippen LogP contribution in [0, 0.1) is 11.6 Å². The van der Waals surface area contributed by atoms with Gasteiger partial charge in [0.25, 0.3) is 10.0 Å². The fraction of sp³-hybridized carbons (Fsp3) is 0.348. The maximum Gasteiger partial charge on any atom is 0.291 e. The minimum atomic E-state index is -4.13. The molecule has 3 heterocycles. The highest BCUT2D eigenvalue weighted by Gasteiger charge is 2.37. The van der Waals surface area contributed by atoms with Crippen LogP contribution in [0.5, 0.6) is 0 Å². The van der Waals surface area contributed by atoms with Crippen LogP contribution in [-0.2, 0) is 37.8 Å². The first-order valence-electron chi connectivity index (χ1n) is 11.2. The molecule has 13 heteroatoms. The molecule has 0 spiro atoms. The Hall–Kier alpha value is -2.71. The van der Waals surface area contributed by atoms with Crippen molar-refractivity contribution in [1.82, 2.24) is 14.1 Å². The summed E-state index contributed by atoms with van der Waals surface area (Å²) < 4.78 is 76.8. The zero-order chi connectivity index (χ0) is 25.7. The van der Waals surface area contributed by atoms with Gasteiger partial charge in [-0.25, -0.2) is 13.0 Å². The number of nitrogens with zero attached hydrogens (tertiary/aromatic N) is 4. The predicted octanol–water partition coefficient (Wildman–Crippen LogP) is 2.58. The van der Waals surface area contributed by atoms with Crippen molar-refractivity contribution in [3.63, 3.8) is 0 Å². The van der Waals surface area contributed by atoms with Gasteiger partial charge in [0, 0.05) is 48.8 Å². The van der Waals surface area contributed by atoms with Crippen molar-refractivity contribution in [3.05, 3.63) is 83.2 Å². The van der Waals surface area contributed by atoms with E-state index in [4.69, 9.17) is 10.5 Å². The molecule has 2 aromatic carbocycles. The van der Waals surface area contributed by atoms with E-state index >= 15 is 0 Å². The normalized spacial score (nSPS) is 24.3. The Bertz CT molecular complexity index is 1500. The zero-order valence-corrected chi connectivity index (χ0v) is 21.0. The van der Waals surface area contributed by atoms with E-state index in [2.05, 4.69) is 13.8 Å². The van der Waals surface area contributed by atoms with Crippen molar-refractivity contribution in [1.29, 1.82) is 0 Å². The molecular formula is C23H25F2N5O4S2. The van der Waals surface area contributed by atoms with Gasteiger partial charge < -0.3 is 10.5 Å². The second-order valence-corrected chi connectivity index (χ2v) is 12.9. The van der Waals surface area contributed by atoms with Gasteiger partial charge in [0.2, 0.25) is 0 Å². The Morgan fingerprint density at radius 3 is 2.56 bits per heavy atom. The minimum Gasteiger partial charge on any atom is -0.370 e. The van der Waals surface area contributed by atoms with Crippen molar-refractivity contribution in [2.75, 3.05) is 12.9 Å². The SMILES string of the molecule is CS(=O)(=NS(=O)(=O)c1ccccc1)n1cc2c(n1)CN([C@H]1CO[C@H](c3cc(F)ccc3F)[C@@H](N)C1)C2. The minimum absolute atomic E-state index is 0.0458. The highest BCUT2D eigenvalue weighted by atomic mass is 32.3. The van der Waals surface area contributed by atoms with Crippen molar-refractivity contribution in [2.45, 2.75) is 42.6 Å². The average Bonchev–Trinajstić information content (AvgIpc) is 3.41. The average molecular weight is 538 g/mol. The molecule has 4 atom stereocenters. The largest absolute Gasteiger partial charge is 0.370 e. The first-order chi connectivity index (χ1) is 17.0. The Morgan fingerprint density at radius 1 is 1.11 bits per heavy atom. The summed E-state index contributed by atoms with van der Waals surface area (Å²) in [7, 11) is -7.51. The van der Waals surface area contributed by atoms with E-state index in [1.807, 2.05) is 0 Å². The first kappa shape index (κ1) is 25.0. The summed E-state index contributed by atoms with van der Waals surface area (Å²) in [4.78, 5) is 2.05. The summed E-state index contributed by atoms with van der Waals surface area (Å²) in [6.45, 7) is 1.16. The third-order valence-electron chi connectivity index (χ3n) is 6.39. The van der Waals surface area contributed by atoms with Crippen LogP contribution >= 0.6 is 0 Å². The maximum atomic E-state index is 14.2. The molecule has 1 aromatic heterocycles. The lowest BCUT2D eigenvalue weighted by atomic mass is 9.93. The topological polar surface area (TPSA) is 120 Å². The van der Waals surface area contributed by atoms with Crippen LogP contribution in [-0.4, -0.2) is 51.7 Å². The van der Waals surface area contributed by atoms with Crippen LogP contribution in [0.2, 0.25) is 0 Å². The number of halogens is 2. The molecule has 3 aromatic rings. The molecule has 9 nitrogen and oxygen atoms in total. The molecule has 0 amide bonds. The van der Waals surface area contributed by atoms with Crippen molar-refractivity contribution < 1.29 is 26.1 Å². The van der Waals surface area contributed by atoms with Crippen LogP contribution < -0.4 is 5.73 Å². The van der Waals surface area contributed by atoms with E-state index in [0.717, 1.165) is 27.8 Å². The first-order valence-corrected chi connectivity index (χ1v) is 14.5. The van der Waals surface area contributed by atoms with Gasteiger partial charge in [-0.1, -0.05) is 22.0 Å². The summed E-state index contributed by atoms with van der Waals surface area (Å²) in [5.41, 5.74) is 7.85. The zero-order valence-electron chi connectivity index (χ0n) is 19.3. The Balaban J connectivity index is 1.29. The standard InChI is InChI=1S/C23H25F2N5O4S2/c1-35(31,28-36(32,33)18-5-3-2-4-6-18)30-12-15-11-29(13-22(15)27-30)17-10-21(26)23(34-14-17)19-9-16(24)7-8-20(19)25/h2-9,12,17,21,23H,10-11,13-14,26H2,1H3/t17-,21+,23-,35?/m1/s1. The van der Waals surface area contributed by atoms with Crippen LogP contribution in [0.15, 0.2) is 63.4 Å². The van der Waals surface area contributed by atoms with Gasteiger partial charge in [-0.3, -0.25) is 4.90 Å². The van der Waals surface area contributed by atoms with E-state index < -0.39 is 43.7 Å². The third kappa shape index (κ3) is 4.81. The van der Waals surface area contributed by atoms with E-state index in [1.54, 1.807) is 24.4 Å². The molecule has 2 N–H and O–H groups in total. The number of nitrogens with two attached hydrogens (primary N) is 1. The van der Waals surface area contributed by atoms with Gasteiger partial charge in [-0.05, 0) is 36.8 Å². The van der Waals surface area contributed by atoms with Crippen molar-refractivity contribution in [3.8, 4) is 0 Å². The predicted molar refractivity (Wildman–Crippen MR) is 128 cm³/mol. The molecule has 1 fully saturated rings. The molecule has 0 radical (unpaired) electrons. The number of fused-ring (bicyclic) bond motifs is 1. The molecule has 1 saturated heterocycles. The smallest absolute Gasteiger partial charge is 0.291 e. The molecular weight excluding hydrogens is 512 g/mol. The Kier molecular flexibility index (Phi) is 6.45. The second kappa shape index (κ2) is 9.30. The fourth-order valence-corrected chi connectivity index (χ4v) is 7.74. The summed E-state index contributed by atoms with van der Waals surface area (Å²) in [5, 5.41) is 4.37. The lowest BCUT2D eigenvalue weighted by molar-refractivity contribution is -0.0533. The lowest BCUT2D eigenvalue weighted by Crippen LogP contribution is -2.47. The highest BCUT2D eigenvalue weighted by molar-refractivity contribution is 8.02. The summed E-state index contributed by atoms with van der Waals surface area (Å²) in [6, 6.07) is 10.2. The summed E-state index contributed by atoms with van der Waals surface area (Å²) in [5.74, 6) is -1.12. The number of sulfonamides is 1. The van der Waals surface area contributed by atoms with Gasteiger partial charge in [0.1, 0.15) is 17.7 Å². The van der Waals surface area contributed by atoms with E-state index in [0.29, 0.717) is 25.2 Å². The fourth-order valence-electron chi connectivity index (χ4n) is 4.59. The number of rotatable bonds is 5. The highest BCUT2D eigenvalue weighted by Crippen LogP contribution is 2.34.